The number of ether oxygens (including phenoxy) is 1. The summed E-state index contributed by atoms with van der Waals surface area (Å²) in [6.45, 7) is 5.78. The van der Waals surface area contributed by atoms with E-state index in [9.17, 15) is 5.11 Å². The first-order valence-electron chi connectivity index (χ1n) is 7.49. The van der Waals surface area contributed by atoms with E-state index in [0.29, 0.717) is 5.92 Å². The van der Waals surface area contributed by atoms with Crippen molar-refractivity contribution in [1.82, 2.24) is 10.3 Å². The number of hydrogen-bond donors (Lipinski definition) is 2. The average molecular weight is 278 g/mol. The molecule has 0 radical (unpaired) electrons. The molecule has 1 aromatic rings. The van der Waals surface area contributed by atoms with Crippen LogP contribution in [0.3, 0.4) is 0 Å². The van der Waals surface area contributed by atoms with Crippen LogP contribution in [0.2, 0.25) is 0 Å². The van der Waals surface area contributed by atoms with E-state index in [1.165, 1.54) is 6.42 Å². The lowest BCUT2D eigenvalue weighted by Gasteiger charge is -2.26. The van der Waals surface area contributed by atoms with Gasteiger partial charge in [0.2, 0.25) is 0 Å². The van der Waals surface area contributed by atoms with Crippen LogP contribution in [-0.2, 0) is 6.54 Å². The van der Waals surface area contributed by atoms with Gasteiger partial charge in [0.05, 0.1) is 18.9 Å². The molecule has 4 nitrogen and oxygen atoms in total. The number of aliphatic hydroxyl groups is 1. The van der Waals surface area contributed by atoms with E-state index < -0.39 is 0 Å². The number of nitrogens with zero attached hydrogens (tertiary/aromatic N) is 1. The summed E-state index contributed by atoms with van der Waals surface area (Å²) in [5.41, 5.74) is 3.23. The monoisotopic (exact) mass is 278 g/mol. The van der Waals surface area contributed by atoms with E-state index in [4.69, 9.17) is 4.74 Å². The Kier molecular flexibility index (Phi) is 5.38. The average Bonchev–Trinajstić information content (AvgIpc) is 2.42. The summed E-state index contributed by atoms with van der Waals surface area (Å²) in [5.74, 6) is 1.52. The van der Waals surface area contributed by atoms with Crippen LogP contribution in [0.15, 0.2) is 6.20 Å². The number of aromatic nitrogens is 1. The Labute approximate surface area is 121 Å². The molecule has 0 spiro atoms. The molecular formula is C16H26N2O2. The van der Waals surface area contributed by atoms with Gasteiger partial charge in [-0.3, -0.25) is 4.98 Å². The topological polar surface area (TPSA) is 54.4 Å². The van der Waals surface area contributed by atoms with Crippen molar-refractivity contribution in [2.45, 2.75) is 52.2 Å². The van der Waals surface area contributed by atoms with E-state index in [-0.39, 0.29) is 6.10 Å². The number of aliphatic hydroxyl groups excluding tert-OH is 1. The zero-order valence-electron chi connectivity index (χ0n) is 12.8. The van der Waals surface area contributed by atoms with Gasteiger partial charge in [0.1, 0.15) is 5.75 Å². The maximum Gasteiger partial charge on any atom is 0.128 e. The highest BCUT2D eigenvalue weighted by molar-refractivity contribution is 5.40. The third-order valence-corrected chi connectivity index (χ3v) is 4.23. The second-order valence-electron chi connectivity index (χ2n) is 5.86. The van der Waals surface area contributed by atoms with Crippen LogP contribution in [-0.4, -0.2) is 29.8 Å². The highest BCUT2D eigenvalue weighted by atomic mass is 16.5. The molecule has 0 aromatic carbocycles. The van der Waals surface area contributed by atoms with Crippen LogP contribution in [0, 0.1) is 19.8 Å². The van der Waals surface area contributed by atoms with Crippen molar-refractivity contribution in [2.75, 3.05) is 13.7 Å². The highest BCUT2D eigenvalue weighted by Crippen LogP contribution is 2.25. The van der Waals surface area contributed by atoms with Gasteiger partial charge in [-0.2, -0.15) is 0 Å². The summed E-state index contributed by atoms with van der Waals surface area (Å²) in [7, 11) is 1.70. The summed E-state index contributed by atoms with van der Waals surface area (Å²) in [5, 5.41) is 13.2. The van der Waals surface area contributed by atoms with E-state index in [1.54, 1.807) is 7.11 Å². The molecule has 2 unspecified atom stereocenters. The lowest BCUT2D eigenvalue weighted by Crippen LogP contribution is -2.29. The third-order valence-electron chi connectivity index (χ3n) is 4.23. The smallest absolute Gasteiger partial charge is 0.128 e. The molecule has 20 heavy (non-hydrogen) atoms. The predicted octanol–water partition coefficient (Wildman–Crippen LogP) is 2.35. The van der Waals surface area contributed by atoms with Crippen LogP contribution in [0.5, 0.6) is 5.75 Å². The summed E-state index contributed by atoms with van der Waals surface area (Å²) >= 11 is 0. The number of pyridine rings is 1. The van der Waals surface area contributed by atoms with Gasteiger partial charge in [-0.25, -0.2) is 0 Å². The lowest BCUT2D eigenvalue weighted by atomic mass is 9.87. The molecule has 0 aliphatic heterocycles. The van der Waals surface area contributed by atoms with E-state index >= 15 is 0 Å². The van der Waals surface area contributed by atoms with Crippen molar-refractivity contribution in [3.05, 3.63) is 23.0 Å². The van der Waals surface area contributed by atoms with Crippen LogP contribution in [0.1, 0.15) is 42.5 Å². The normalized spacial score (nSPS) is 22.8. The Balaban J connectivity index is 1.88. The Morgan fingerprint density at radius 1 is 1.40 bits per heavy atom. The van der Waals surface area contributed by atoms with Crippen molar-refractivity contribution in [1.29, 1.82) is 0 Å². The third kappa shape index (κ3) is 3.70. The van der Waals surface area contributed by atoms with Gasteiger partial charge in [0, 0.05) is 23.9 Å². The minimum Gasteiger partial charge on any atom is -0.496 e. The summed E-state index contributed by atoms with van der Waals surface area (Å²) in [6, 6.07) is 0. The number of methoxy groups -OCH3 is 1. The van der Waals surface area contributed by atoms with Gasteiger partial charge in [0.25, 0.3) is 0 Å². The fourth-order valence-corrected chi connectivity index (χ4v) is 3.09. The minimum atomic E-state index is -0.102. The van der Waals surface area contributed by atoms with Crippen LogP contribution >= 0.6 is 0 Å². The molecule has 1 heterocycles. The molecule has 0 amide bonds. The zero-order chi connectivity index (χ0) is 14.5. The molecule has 2 N–H and O–H groups in total. The Bertz CT molecular complexity index is 448. The Hall–Kier alpha value is -1.13. The van der Waals surface area contributed by atoms with Gasteiger partial charge in [0.15, 0.2) is 0 Å². The number of hydrogen-bond acceptors (Lipinski definition) is 4. The fourth-order valence-electron chi connectivity index (χ4n) is 3.09. The minimum absolute atomic E-state index is 0.102. The molecule has 1 saturated carbocycles. The van der Waals surface area contributed by atoms with Crippen molar-refractivity contribution in [3.8, 4) is 5.75 Å². The molecule has 0 bridgehead atoms. The second-order valence-corrected chi connectivity index (χ2v) is 5.86. The SMILES string of the molecule is COc1c(C)cnc(CNCC2CCCC(O)C2)c1C. The fraction of sp³-hybridized carbons (Fsp3) is 0.688. The second kappa shape index (κ2) is 7.04. The quantitative estimate of drug-likeness (QED) is 0.868. The van der Waals surface area contributed by atoms with Gasteiger partial charge in [-0.15, -0.1) is 0 Å². The predicted molar refractivity (Wildman–Crippen MR) is 79.9 cm³/mol. The van der Waals surface area contributed by atoms with E-state index in [0.717, 1.165) is 54.9 Å². The largest absolute Gasteiger partial charge is 0.496 e. The molecule has 112 valence electrons. The van der Waals surface area contributed by atoms with Crippen molar-refractivity contribution < 1.29 is 9.84 Å². The van der Waals surface area contributed by atoms with E-state index in [2.05, 4.69) is 17.2 Å². The maximum atomic E-state index is 9.68. The molecule has 2 rings (SSSR count). The van der Waals surface area contributed by atoms with Crippen LogP contribution in [0.4, 0.5) is 0 Å². The molecule has 4 heteroatoms. The van der Waals surface area contributed by atoms with Gasteiger partial charge >= 0.3 is 0 Å². The molecular weight excluding hydrogens is 252 g/mol. The molecule has 1 aliphatic rings. The maximum absolute atomic E-state index is 9.68. The number of rotatable bonds is 5. The Morgan fingerprint density at radius 2 is 2.20 bits per heavy atom. The standard InChI is InChI=1S/C16H26N2O2/c1-11-8-18-15(12(2)16(11)20-3)10-17-9-13-5-4-6-14(19)7-13/h8,13-14,17,19H,4-7,9-10H2,1-3H3. The number of aryl methyl sites for hydroxylation is 1. The zero-order valence-corrected chi connectivity index (χ0v) is 12.8. The molecule has 2 atom stereocenters. The van der Waals surface area contributed by atoms with Gasteiger partial charge in [-0.1, -0.05) is 6.42 Å². The number of nitrogens with one attached hydrogen (secondary N) is 1. The molecule has 1 fully saturated rings. The Morgan fingerprint density at radius 3 is 2.90 bits per heavy atom. The first-order chi connectivity index (χ1) is 9.61. The van der Waals surface area contributed by atoms with Crippen LogP contribution < -0.4 is 10.1 Å². The van der Waals surface area contributed by atoms with Crippen molar-refractivity contribution >= 4 is 0 Å². The van der Waals surface area contributed by atoms with Gasteiger partial charge in [-0.05, 0) is 45.6 Å². The molecule has 0 saturated heterocycles. The van der Waals surface area contributed by atoms with Crippen LogP contribution in [0.25, 0.3) is 0 Å². The summed E-state index contributed by atoms with van der Waals surface area (Å²) < 4.78 is 5.43. The first kappa shape index (κ1) is 15.3. The lowest BCUT2D eigenvalue weighted by molar-refractivity contribution is 0.101. The molecule has 1 aliphatic carbocycles. The van der Waals surface area contributed by atoms with E-state index in [1.807, 2.05) is 13.1 Å². The van der Waals surface area contributed by atoms with Crippen molar-refractivity contribution in [2.24, 2.45) is 5.92 Å². The molecule has 1 aromatic heterocycles. The summed E-state index contributed by atoms with van der Waals surface area (Å²) in [6.07, 6.45) is 6.02. The summed E-state index contributed by atoms with van der Waals surface area (Å²) in [4.78, 5) is 4.49. The highest BCUT2D eigenvalue weighted by Gasteiger charge is 2.19. The van der Waals surface area contributed by atoms with Crippen molar-refractivity contribution in [3.63, 3.8) is 0 Å². The van der Waals surface area contributed by atoms with Gasteiger partial charge < -0.3 is 15.2 Å². The first-order valence-corrected chi connectivity index (χ1v) is 7.49.